The maximum Gasteiger partial charge on any atom is 0.350 e. The highest BCUT2D eigenvalue weighted by molar-refractivity contribution is 7.19. The van der Waals surface area contributed by atoms with E-state index in [-0.39, 0.29) is 6.10 Å². The molecular formula is C15H24N2O3S. The molecule has 118 valence electrons. The van der Waals surface area contributed by atoms with Crippen molar-refractivity contribution in [2.24, 2.45) is 5.92 Å². The minimum absolute atomic E-state index is 0.00993. The van der Waals surface area contributed by atoms with Crippen LogP contribution in [0.3, 0.4) is 0 Å². The first-order valence-corrected chi connectivity index (χ1v) is 8.21. The topological polar surface area (TPSA) is 64.8 Å². The molecular weight excluding hydrogens is 288 g/mol. The molecule has 0 amide bonds. The standard InChI is InChI=1S/C15H24N2O3S/c1-5-10-6-7-17(8-10)14-12(20-9(2)3)11(16)13(21-14)15(18)19-4/h9-10H,5-8,16H2,1-4H3. The van der Waals surface area contributed by atoms with E-state index in [1.54, 1.807) is 0 Å². The number of ether oxygens (including phenoxy) is 2. The molecule has 1 fully saturated rings. The lowest BCUT2D eigenvalue weighted by molar-refractivity contribution is 0.0607. The number of nitrogens with two attached hydrogens (primary N) is 1. The Morgan fingerprint density at radius 2 is 2.24 bits per heavy atom. The fraction of sp³-hybridized carbons (Fsp3) is 0.667. The monoisotopic (exact) mass is 312 g/mol. The lowest BCUT2D eigenvalue weighted by Gasteiger charge is -2.20. The molecule has 21 heavy (non-hydrogen) atoms. The summed E-state index contributed by atoms with van der Waals surface area (Å²) in [5, 5.41) is 0.956. The van der Waals surface area contributed by atoms with Gasteiger partial charge in [-0.2, -0.15) is 0 Å². The highest BCUT2D eigenvalue weighted by Gasteiger charge is 2.30. The summed E-state index contributed by atoms with van der Waals surface area (Å²) in [5.41, 5.74) is 6.52. The van der Waals surface area contributed by atoms with Gasteiger partial charge < -0.3 is 20.1 Å². The summed E-state index contributed by atoms with van der Waals surface area (Å²) in [6.07, 6.45) is 2.35. The second-order valence-electron chi connectivity index (χ2n) is 5.65. The van der Waals surface area contributed by atoms with Gasteiger partial charge in [0.2, 0.25) is 0 Å². The molecule has 1 aromatic heterocycles. The van der Waals surface area contributed by atoms with Gasteiger partial charge in [0.15, 0.2) is 5.75 Å². The van der Waals surface area contributed by atoms with Gasteiger partial charge in [-0.25, -0.2) is 4.79 Å². The first kappa shape index (κ1) is 15.9. The highest BCUT2D eigenvalue weighted by atomic mass is 32.1. The zero-order valence-electron chi connectivity index (χ0n) is 13.1. The van der Waals surface area contributed by atoms with E-state index in [9.17, 15) is 4.79 Å². The van der Waals surface area contributed by atoms with Crippen molar-refractivity contribution >= 4 is 28.0 Å². The first-order chi connectivity index (χ1) is 9.97. The van der Waals surface area contributed by atoms with E-state index >= 15 is 0 Å². The van der Waals surface area contributed by atoms with Gasteiger partial charge in [0.25, 0.3) is 0 Å². The van der Waals surface area contributed by atoms with Crippen LogP contribution >= 0.6 is 11.3 Å². The van der Waals surface area contributed by atoms with E-state index < -0.39 is 5.97 Å². The van der Waals surface area contributed by atoms with Gasteiger partial charge in [-0.15, -0.1) is 11.3 Å². The Hall–Kier alpha value is -1.43. The molecule has 6 heteroatoms. The van der Waals surface area contributed by atoms with Crippen LogP contribution in [0.15, 0.2) is 0 Å². The third-order valence-corrected chi connectivity index (χ3v) is 4.98. The Kier molecular flexibility index (Phi) is 4.98. The number of carbonyl (C=O) groups is 1. The second kappa shape index (κ2) is 6.56. The van der Waals surface area contributed by atoms with E-state index in [0.29, 0.717) is 22.2 Å². The Morgan fingerprint density at radius 3 is 2.76 bits per heavy atom. The number of rotatable bonds is 5. The average Bonchev–Trinajstić information content (AvgIpc) is 3.04. The highest BCUT2D eigenvalue weighted by Crippen LogP contribution is 2.47. The summed E-state index contributed by atoms with van der Waals surface area (Å²) < 4.78 is 10.7. The van der Waals surface area contributed by atoms with Gasteiger partial charge >= 0.3 is 5.97 Å². The van der Waals surface area contributed by atoms with Gasteiger partial charge in [0.1, 0.15) is 15.6 Å². The predicted octanol–water partition coefficient (Wildman–Crippen LogP) is 3.14. The average molecular weight is 312 g/mol. The largest absolute Gasteiger partial charge is 0.486 e. The maximum atomic E-state index is 11.9. The van der Waals surface area contributed by atoms with Crippen molar-refractivity contribution in [3.05, 3.63) is 4.88 Å². The van der Waals surface area contributed by atoms with Crippen LogP contribution in [0.1, 0.15) is 43.3 Å². The van der Waals surface area contributed by atoms with Gasteiger partial charge in [0, 0.05) is 13.1 Å². The number of carbonyl (C=O) groups excluding carboxylic acids is 1. The van der Waals surface area contributed by atoms with Gasteiger partial charge in [-0.1, -0.05) is 13.3 Å². The summed E-state index contributed by atoms with van der Waals surface area (Å²) in [6.45, 7) is 8.09. The van der Waals surface area contributed by atoms with Crippen molar-refractivity contribution in [1.29, 1.82) is 0 Å². The number of anilines is 2. The third kappa shape index (κ3) is 3.26. The number of hydrogen-bond acceptors (Lipinski definition) is 6. The molecule has 1 unspecified atom stereocenters. The molecule has 0 bridgehead atoms. The van der Waals surface area contributed by atoms with Gasteiger partial charge in [-0.05, 0) is 26.2 Å². The third-order valence-electron chi connectivity index (χ3n) is 3.76. The molecule has 1 aliphatic heterocycles. The molecule has 0 spiro atoms. The number of hydrogen-bond donors (Lipinski definition) is 1. The predicted molar refractivity (Wildman–Crippen MR) is 86.4 cm³/mol. The normalized spacial score (nSPS) is 18.3. The van der Waals surface area contributed by atoms with Crippen LogP contribution in [0, 0.1) is 5.92 Å². The van der Waals surface area contributed by atoms with Crippen molar-refractivity contribution in [2.45, 2.75) is 39.7 Å². The molecule has 1 saturated heterocycles. The van der Waals surface area contributed by atoms with E-state index in [4.69, 9.17) is 15.2 Å². The van der Waals surface area contributed by atoms with Gasteiger partial charge in [0.05, 0.1) is 13.2 Å². The van der Waals surface area contributed by atoms with Gasteiger partial charge in [-0.3, -0.25) is 0 Å². The fourth-order valence-electron chi connectivity index (χ4n) is 2.57. The Labute approximate surface area is 130 Å². The number of esters is 1. The van der Waals surface area contributed by atoms with Crippen LogP contribution < -0.4 is 15.4 Å². The molecule has 0 saturated carbocycles. The lowest BCUT2D eigenvalue weighted by Crippen LogP contribution is -2.20. The fourth-order valence-corrected chi connectivity index (χ4v) is 3.68. The zero-order chi connectivity index (χ0) is 15.6. The van der Waals surface area contributed by atoms with E-state index in [0.717, 1.165) is 18.1 Å². The SMILES string of the molecule is CCC1CCN(c2sc(C(=O)OC)c(N)c2OC(C)C)C1. The Morgan fingerprint density at radius 1 is 1.52 bits per heavy atom. The molecule has 5 nitrogen and oxygen atoms in total. The number of methoxy groups -OCH3 is 1. The Bertz CT molecular complexity index is 513. The van der Waals surface area contributed by atoms with E-state index in [1.165, 1.54) is 31.3 Å². The molecule has 1 aliphatic rings. The van der Waals surface area contributed by atoms with Crippen LogP contribution in [0.5, 0.6) is 5.75 Å². The van der Waals surface area contributed by atoms with Crippen LogP contribution in [-0.2, 0) is 4.74 Å². The summed E-state index contributed by atoms with van der Waals surface area (Å²) in [4.78, 5) is 14.6. The van der Waals surface area contributed by atoms with Crippen molar-refractivity contribution in [1.82, 2.24) is 0 Å². The molecule has 1 aromatic rings. The van der Waals surface area contributed by atoms with Crippen LogP contribution in [0.4, 0.5) is 10.7 Å². The minimum atomic E-state index is -0.399. The molecule has 0 aliphatic carbocycles. The molecule has 1 atom stereocenters. The van der Waals surface area contributed by atoms with Crippen molar-refractivity contribution in [3.63, 3.8) is 0 Å². The number of nitrogens with zero attached hydrogens (tertiary/aromatic N) is 1. The number of nitrogen functional groups attached to an aromatic ring is 1. The quantitative estimate of drug-likeness (QED) is 0.846. The van der Waals surface area contributed by atoms with Crippen LogP contribution in [-0.4, -0.2) is 32.3 Å². The second-order valence-corrected chi connectivity index (χ2v) is 6.65. The van der Waals surface area contributed by atoms with Crippen LogP contribution in [0.25, 0.3) is 0 Å². The minimum Gasteiger partial charge on any atom is -0.486 e. The molecule has 2 heterocycles. The van der Waals surface area contributed by atoms with Crippen LogP contribution in [0.2, 0.25) is 0 Å². The first-order valence-electron chi connectivity index (χ1n) is 7.40. The lowest BCUT2D eigenvalue weighted by atomic mass is 10.1. The maximum absolute atomic E-state index is 11.9. The molecule has 2 N–H and O–H groups in total. The number of thiophene rings is 1. The van der Waals surface area contributed by atoms with E-state index in [2.05, 4.69) is 11.8 Å². The molecule has 0 radical (unpaired) electrons. The Balaban J connectivity index is 2.36. The van der Waals surface area contributed by atoms with Crippen molar-refractivity contribution in [3.8, 4) is 5.75 Å². The summed E-state index contributed by atoms with van der Waals surface area (Å²) in [5.74, 6) is 0.928. The summed E-state index contributed by atoms with van der Waals surface area (Å²) in [7, 11) is 1.37. The smallest absolute Gasteiger partial charge is 0.350 e. The summed E-state index contributed by atoms with van der Waals surface area (Å²) in [6, 6.07) is 0. The molecule has 0 aromatic carbocycles. The van der Waals surface area contributed by atoms with Crippen molar-refractivity contribution in [2.75, 3.05) is 30.8 Å². The molecule has 2 rings (SSSR count). The van der Waals surface area contributed by atoms with Crippen molar-refractivity contribution < 1.29 is 14.3 Å². The summed E-state index contributed by atoms with van der Waals surface area (Å²) >= 11 is 1.37. The van der Waals surface area contributed by atoms with E-state index in [1.807, 2.05) is 13.8 Å². The zero-order valence-corrected chi connectivity index (χ0v) is 14.0.